The minimum atomic E-state index is -3.57. The van der Waals surface area contributed by atoms with Gasteiger partial charge in [0.15, 0.2) is 0 Å². The predicted octanol–water partition coefficient (Wildman–Crippen LogP) is 4.44. The van der Waals surface area contributed by atoms with Crippen molar-refractivity contribution in [1.82, 2.24) is 15.1 Å². The van der Waals surface area contributed by atoms with E-state index in [-0.39, 0.29) is 24.9 Å². The maximum absolute atomic E-state index is 14.3. The molecule has 1 fully saturated rings. The van der Waals surface area contributed by atoms with Gasteiger partial charge in [-0.1, -0.05) is 79.0 Å². The van der Waals surface area contributed by atoms with Crippen molar-refractivity contribution in [2.24, 2.45) is 0 Å². The second-order valence-corrected chi connectivity index (χ2v) is 13.7. The van der Waals surface area contributed by atoms with E-state index in [9.17, 15) is 22.8 Å². The van der Waals surface area contributed by atoms with Gasteiger partial charge in [-0.3, -0.25) is 19.2 Å². The second kappa shape index (κ2) is 14.1. The normalized spacial score (nSPS) is 21.6. The van der Waals surface area contributed by atoms with Crippen molar-refractivity contribution < 1.29 is 32.4 Å². The smallest absolute Gasteiger partial charge is 0.309 e. The molecule has 4 atom stereocenters. The molecule has 238 valence electrons. The van der Waals surface area contributed by atoms with Crippen molar-refractivity contribution in [2.45, 2.75) is 62.8 Å². The molecule has 0 aromatic heterocycles. The summed E-state index contributed by atoms with van der Waals surface area (Å²) in [5, 5.41) is 0.501. The van der Waals surface area contributed by atoms with E-state index in [1.807, 2.05) is 6.07 Å². The summed E-state index contributed by atoms with van der Waals surface area (Å²) in [6, 6.07) is 19.4. The highest BCUT2D eigenvalue weighted by Crippen LogP contribution is 2.46. The SMILES string of the molecule is COC(=O)Cc1cccc(CONC(=O)[C@@H]2c3ccccc3C(=O)N(C3CCCC[C@@H]3NS(C)(=O)=O)[C@H]2c2ccc(Cl)cc2)c1. The van der Waals surface area contributed by atoms with Gasteiger partial charge in [0.05, 0.1) is 38.4 Å². The minimum absolute atomic E-state index is 0.0341. The zero-order chi connectivity index (χ0) is 32.1. The van der Waals surface area contributed by atoms with Crippen LogP contribution in [0, 0.1) is 0 Å². The summed E-state index contributed by atoms with van der Waals surface area (Å²) in [5.41, 5.74) is 5.70. The largest absolute Gasteiger partial charge is 0.469 e. The molecule has 2 amide bonds. The molecule has 0 radical (unpaired) electrons. The van der Waals surface area contributed by atoms with Crippen LogP contribution in [0.4, 0.5) is 0 Å². The lowest BCUT2D eigenvalue weighted by molar-refractivity contribution is -0.140. The number of hydroxylamine groups is 1. The van der Waals surface area contributed by atoms with E-state index in [1.165, 1.54) is 7.11 Å². The molecule has 2 N–H and O–H groups in total. The summed E-state index contributed by atoms with van der Waals surface area (Å²) in [4.78, 5) is 47.5. The van der Waals surface area contributed by atoms with Crippen LogP contribution in [0.1, 0.15) is 70.3 Å². The molecule has 45 heavy (non-hydrogen) atoms. The van der Waals surface area contributed by atoms with Gasteiger partial charge in [0.1, 0.15) is 0 Å². The van der Waals surface area contributed by atoms with Crippen LogP contribution in [-0.2, 0) is 42.2 Å². The minimum Gasteiger partial charge on any atom is -0.469 e. The quantitative estimate of drug-likeness (QED) is 0.244. The number of hydrogen-bond acceptors (Lipinski definition) is 7. The third-order valence-corrected chi connectivity index (χ3v) is 9.28. The Balaban J connectivity index is 1.49. The molecule has 1 saturated carbocycles. The number of fused-ring (bicyclic) bond motifs is 1. The number of benzene rings is 3. The van der Waals surface area contributed by atoms with Crippen LogP contribution in [0.15, 0.2) is 72.8 Å². The lowest BCUT2D eigenvalue weighted by Crippen LogP contribution is -2.59. The number of carbonyl (C=O) groups is 3. The van der Waals surface area contributed by atoms with Gasteiger partial charge in [-0.2, -0.15) is 0 Å². The summed E-state index contributed by atoms with van der Waals surface area (Å²) < 4.78 is 32.2. The van der Waals surface area contributed by atoms with Crippen LogP contribution >= 0.6 is 11.6 Å². The number of esters is 1. The van der Waals surface area contributed by atoms with Crippen LogP contribution in [0.2, 0.25) is 5.02 Å². The summed E-state index contributed by atoms with van der Waals surface area (Å²) in [5.74, 6) is -1.98. The maximum Gasteiger partial charge on any atom is 0.309 e. The van der Waals surface area contributed by atoms with E-state index in [4.69, 9.17) is 21.2 Å². The third kappa shape index (κ3) is 7.73. The lowest BCUT2D eigenvalue weighted by atomic mass is 9.76. The summed E-state index contributed by atoms with van der Waals surface area (Å²) in [6.45, 7) is 0.0341. The Morgan fingerprint density at radius 1 is 0.978 bits per heavy atom. The Kier molecular flexibility index (Phi) is 10.2. The molecule has 1 unspecified atom stereocenters. The fourth-order valence-electron chi connectivity index (χ4n) is 6.39. The molecule has 10 nitrogen and oxygen atoms in total. The fourth-order valence-corrected chi connectivity index (χ4v) is 7.34. The first kappa shape index (κ1) is 32.6. The number of hydrogen-bond donors (Lipinski definition) is 2. The predicted molar refractivity (Wildman–Crippen MR) is 169 cm³/mol. The first-order chi connectivity index (χ1) is 21.6. The van der Waals surface area contributed by atoms with Crippen molar-refractivity contribution in [3.05, 3.63) is 106 Å². The Hall–Kier alpha value is -3.77. The van der Waals surface area contributed by atoms with Gasteiger partial charge in [-0.15, -0.1) is 0 Å². The highest BCUT2D eigenvalue weighted by Gasteiger charge is 2.49. The van der Waals surface area contributed by atoms with E-state index in [1.54, 1.807) is 71.6 Å². The van der Waals surface area contributed by atoms with Gasteiger partial charge in [0.2, 0.25) is 10.0 Å². The van der Waals surface area contributed by atoms with E-state index >= 15 is 0 Å². The average molecular weight is 654 g/mol. The van der Waals surface area contributed by atoms with Gasteiger partial charge in [-0.25, -0.2) is 18.6 Å². The topological polar surface area (TPSA) is 131 Å². The van der Waals surface area contributed by atoms with Crippen molar-refractivity contribution in [3.8, 4) is 0 Å². The first-order valence-corrected chi connectivity index (χ1v) is 17.0. The monoisotopic (exact) mass is 653 g/mol. The van der Waals surface area contributed by atoms with E-state index in [0.29, 0.717) is 34.6 Å². The number of methoxy groups -OCH3 is 1. The van der Waals surface area contributed by atoms with E-state index < -0.39 is 40.0 Å². The van der Waals surface area contributed by atoms with E-state index in [0.717, 1.165) is 30.2 Å². The van der Waals surface area contributed by atoms with Crippen LogP contribution in [-0.4, -0.2) is 56.6 Å². The molecule has 0 spiro atoms. The number of nitrogens with one attached hydrogen (secondary N) is 2. The van der Waals surface area contributed by atoms with Crippen molar-refractivity contribution in [2.75, 3.05) is 13.4 Å². The fraction of sp³-hybridized carbons (Fsp3) is 0.364. The molecule has 0 bridgehead atoms. The van der Waals surface area contributed by atoms with E-state index in [2.05, 4.69) is 10.2 Å². The number of amides is 2. The molecule has 12 heteroatoms. The number of ether oxygens (including phenoxy) is 1. The van der Waals surface area contributed by atoms with Crippen LogP contribution in [0.25, 0.3) is 0 Å². The average Bonchev–Trinajstić information content (AvgIpc) is 3.01. The summed E-state index contributed by atoms with van der Waals surface area (Å²) in [7, 11) is -2.24. The Bertz CT molecular complexity index is 1660. The van der Waals surface area contributed by atoms with Gasteiger partial charge < -0.3 is 9.64 Å². The zero-order valence-electron chi connectivity index (χ0n) is 25.1. The molecule has 1 aliphatic heterocycles. The van der Waals surface area contributed by atoms with Gasteiger partial charge in [0, 0.05) is 22.7 Å². The molecule has 3 aromatic rings. The number of rotatable bonds is 10. The Labute approximate surface area is 268 Å². The van der Waals surface area contributed by atoms with Gasteiger partial charge in [0.25, 0.3) is 11.8 Å². The molecular formula is C33H36ClN3O7S. The molecule has 1 aliphatic carbocycles. The van der Waals surface area contributed by atoms with Crippen LogP contribution < -0.4 is 10.2 Å². The highest BCUT2D eigenvalue weighted by molar-refractivity contribution is 7.88. The molecule has 2 aliphatic rings. The van der Waals surface area contributed by atoms with Crippen molar-refractivity contribution in [1.29, 1.82) is 0 Å². The number of sulfonamides is 1. The summed E-state index contributed by atoms with van der Waals surface area (Å²) >= 11 is 6.23. The molecular weight excluding hydrogens is 618 g/mol. The highest BCUT2D eigenvalue weighted by atomic mass is 35.5. The molecule has 5 rings (SSSR count). The van der Waals surface area contributed by atoms with Gasteiger partial charge >= 0.3 is 5.97 Å². The Morgan fingerprint density at radius 2 is 1.69 bits per heavy atom. The van der Waals surface area contributed by atoms with Crippen molar-refractivity contribution in [3.63, 3.8) is 0 Å². The Morgan fingerprint density at radius 3 is 2.42 bits per heavy atom. The standard InChI is InChI=1S/C33H36ClN3O7S/c1-43-29(38)19-21-8-7-9-22(18-21)20-44-35-32(39)30-25-10-3-4-11-26(25)33(40)37(31(30)23-14-16-24(34)17-15-23)28-13-6-5-12-27(28)36-45(2,41)42/h3-4,7-11,14-18,27-28,30-31,36H,5-6,12-13,19-20H2,1-2H3,(H,35,39)/t27-,28?,30+,31-/m0/s1. The molecule has 0 saturated heterocycles. The van der Waals surface area contributed by atoms with Crippen LogP contribution in [0.5, 0.6) is 0 Å². The molecule has 3 aromatic carbocycles. The third-order valence-electron chi connectivity index (χ3n) is 8.30. The zero-order valence-corrected chi connectivity index (χ0v) is 26.6. The van der Waals surface area contributed by atoms with Gasteiger partial charge in [-0.05, 0) is 53.3 Å². The van der Waals surface area contributed by atoms with Crippen LogP contribution in [0.3, 0.4) is 0 Å². The van der Waals surface area contributed by atoms with Crippen molar-refractivity contribution >= 4 is 39.4 Å². The molecule has 1 heterocycles. The number of carbonyl (C=O) groups excluding carboxylic acids is 3. The number of halogens is 1. The lowest BCUT2D eigenvalue weighted by Gasteiger charge is -2.49. The maximum atomic E-state index is 14.3. The second-order valence-electron chi connectivity index (χ2n) is 11.4. The number of nitrogens with zero attached hydrogens (tertiary/aromatic N) is 1. The first-order valence-electron chi connectivity index (χ1n) is 14.8. The summed E-state index contributed by atoms with van der Waals surface area (Å²) in [6.07, 6.45) is 3.97.